The van der Waals surface area contributed by atoms with Crippen molar-refractivity contribution in [2.75, 3.05) is 13.1 Å². The third-order valence-corrected chi connectivity index (χ3v) is 2.44. The fourth-order valence-electron chi connectivity index (χ4n) is 1.63. The van der Waals surface area contributed by atoms with Crippen molar-refractivity contribution in [2.45, 2.75) is 39.8 Å². The average Bonchev–Trinajstić information content (AvgIpc) is 2.64. The van der Waals surface area contributed by atoms with E-state index in [1.54, 1.807) is 0 Å². The van der Waals surface area contributed by atoms with Gasteiger partial charge in [-0.2, -0.15) is 5.10 Å². The van der Waals surface area contributed by atoms with Crippen molar-refractivity contribution < 1.29 is 4.79 Å². The molecule has 0 radical (unpaired) electrons. The molecule has 1 aromatic rings. The molecular formula is C12H22N4O. The molecular weight excluding hydrogens is 216 g/mol. The highest BCUT2D eigenvalue weighted by molar-refractivity contribution is 5.75. The summed E-state index contributed by atoms with van der Waals surface area (Å²) in [5.74, 6) is 0.0992. The highest BCUT2D eigenvalue weighted by Crippen LogP contribution is 1.96. The van der Waals surface area contributed by atoms with E-state index in [4.69, 9.17) is 0 Å². The van der Waals surface area contributed by atoms with Gasteiger partial charge in [0.25, 0.3) is 0 Å². The maximum atomic E-state index is 11.2. The SMILES string of the molecule is CCNC(=O)CCN[C@@H](C)Cn1cc(C)cn1. The van der Waals surface area contributed by atoms with Crippen LogP contribution in [0.5, 0.6) is 0 Å². The molecule has 2 N–H and O–H groups in total. The number of carbonyl (C=O) groups excluding carboxylic acids is 1. The smallest absolute Gasteiger partial charge is 0.221 e. The minimum Gasteiger partial charge on any atom is -0.356 e. The van der Waals surface area contributed by atoms with E-state index in [1.807, 2.05) is 30.9 Å². The van der Waals surface area contributed by atoms with Crippen LogP contribution in [0.25, 0.3) is 0 Å². The topological polar surface area (TPSA) is 59.0 Å². The molecule has 0 aliphatic heterocycles. The van der Waals surface area contributed by atoms with E-state index in [0.29, 0.717) is 25.6 Å². The molecule has 1 amide bonds. The Hall–Kier alpha value is -1.36. The van der Waals surface area contributed by atoms with E-state index >= 15 is 0 Å². The molecule has 0 aliphatic carbocycles. The molecule has 1 atom stereocenters. The van der Waals surface area contributed by atoms with Crippen LogP contribution in [0.3, 0.4) is 0 Å². The molecule has 96 valence electrons. The first-order chi connectivity index (χ1) is 8.11. The summed E-state index contributed by atoms with van der Waals surface area (Å²) >= 11 is 0. The Morgan fingerprint density at radius 1 is 1.59 bits per heavy atom. The van der Waals surface area contributed by atoms with Crippen LogP contribution in [-0.4, -0.2) is 34.8 Å². The van der Waals surface area contributed by atoms with Gasteiger partial charge in [-0.25, -0.2) is 0 Å². The number of rotatable bonds is 7. The minimum absolute atomic E-state index is 0.0992. The predicted molar refractivity (Wildman–Crippen MR) is 67.7 cm³/mol. The Bertz CT molecular complexity index is 348. The number of aryl methyl sites for hydroxylation is 1. The zero-order chi connectivity index (χ0) is 12.7. The molecule has 5 nitrogen and oxygen atoms in total. The fraction of sp³-hybridized carbons (Fsp3) is 0.667. The summed E-state index contributed by atoms with van der Waals surface area (Å²) in [5, 5.41) is 10.3. The maximum Gasteiger partial charge on any atom is 0.221 e. The van der Waals surface area contributed by atoms with Crippen molar-refractivity contribution >= 4 is 5.91 Å². The zero-order valence-corrected chi connectivity index (χ0v) is 10.9. The number of amides is 1. The van der Waals surface area contributed by atoms with Crippen LogP contribution < -0.4 is 10.6 Å². The predicted octanol–water partition coefficient (Wildman–Crippen LogP) is 0.696. The third kappa shape index (κ3) is 5.49. The van der Waals surface area contributed by atoms with E-state index in [2.05, 4.69) is 22.7 Å². The van der Waals surface area contributed by atoms with Gasteiger partial charge >= 0.3 is 0 Å². The van der Waals surface area contributed by atoms with E-state index in [-0.39, 0.29) is 5.91 Å². The Balaban J connectivity index is 2.17. The second-order valence-electron chi connectivity index (χ2n) is 4.30. The van der Waals surface area contributed by atoms with Gasteiger partial charge < -0.3 is 10.6 Å². The minimum atomic E-state index is 0.0992. The Kier molecular flexibility index (Phi) is 5.69. The monoisotopic (exact) mass is 238 g/mol. The van der Waals surface area contributed by atoms with Gasteiger partial charge in [-0.15, -0.1) is 0 Å². The summed E-state index contributed by atoms with van der Waals surface area (Å²) < 4.78 is 1.92. The molecule has 0 fully saturated rings. The van der Waals surface area contributed by atoms with Gasteiger partial charge in [0.15, 0.2) is 0 Å². The molecule has 0 aliphatic rings. The molecule has 0 saturated carbocycles. The first-order valence-electron chi connectivity index (χ1n) is 6.11. The molecule has 0 aromatic carbocycles. The van der Waals surface area contributed by atoms with Crippen molar-refractivity contribution in [3.63, 3.8) is 0 Å². The van der Waals surface area contributed by atoms with Crippen molar-refractivity contribution in [3.8, 4) is 0 Å². The van der Waals surface area contributed by atoms with Gasteiger partial charge in [0.1, 0.15) is 0 Å². The first-order valence-corrected chi connectivity index (χ1v) is 6.11. The third-order valence-electron chi connectivity index (χ3n) is 2.44. The maximum absolute atomic E-state index is 11.2. The lowest BCUT2D eigenvalue weighted by Crippen LogP contribution is -2.34. The number of nitrogens with zero attached hydrogens (tertiary/aromatic N) is 2. The lowest BCUT2D eigenvalue weighted by atomic mass is 10.3. The highest BCUT2D eigenvalue weighted by Gasteiger charge is 2.04. The van der Waals surface area contributed by atoms with Crippen molar-refractivity contribution in [2.24, 2.45) is 0 Å². The van der Waals surface area contributed by atoms with Gasteiger partial charge in [-0.3, -0.25) is 9.48 Å². The Morgan fingerprint density at radius 3 is 2.94 bits per heavy atom. The summed E-state index contributed by atoms with van der Waals surface area (Å²) in [6.45, 7) is 8.26. The second-order valence-corrected chi connectivity index (χ2v) is 4.30. The van der Waals surface area contributed by atoms with Crippen LogP contribution in [0.15, 0.2) is 12.4 Å². The molecule has 1 rings (SSSR count). The van der Waals surface area contributed by atoms with Crippen molar-refractivity contribution in [3.05, 3.63) is 18.0 Å². The summed E-state index contributed by atoms with van der Waals surface area (Å²) in [6.07, 6.45) is 4.39. The molecule has 0 unspecified atom stereocenters. The van der Waals surface area contributed by atoms with Crippen molar-refractivity contribution in [1.29, 1.82) is 0 Å². The Labute approximate surface area is 103 Å². The number of hydrogen-bond acceptors (Lipinski definition) is 3. The summed E-state index contributed by atoms with van der Waals surface area (Å²) in [5.41, 5.74) is 1.17. The molecule has 17 heavy (non-hydrogen) atoms. The van der Waals surface area contributed by atoms with E-state index in [0.717, 1.165) is 6.54 Å². The fourth-order valence-corrected chi connectivity index (χ4v) is 1.63. The van der Waals surface area contributed by atoms with E-state index < -0.39 is 0 Å². The van der Waals surface area contributed by atoms with Crippen LogP contribution in [0.2, 0.25) is 0 Å². The van der Waals surface area contributed by atoms with Crippen molar-refractivity contribution in [1.82, 2.24) is 20.4 Å². The number of hydrogen-bond donors (Lipinski definition) is 2. The quantitative estimate of drug-likeness (QED) is 0.735. The van der Waals surface area contributed by atoms with Crippen LogP contribution >= 0.6 is 0 Å². The van der Waals surface area contributed by atoms with Gasteiger partial charge in [-0.1, -0.05) is 0 Å². The van der Waals surface area contributed by atoms with Crippen LogP contribution in [-0.2, 0) is 11.3 Å². The first kappa shape index (κ1) is 13.7. The lowest BCUT2D eigenvalue weighted by molar-refractivity contribution is -0.120. The Morgan fingerprint density at radius 2 is 2.35 bits per heavy atom. The molecule has 0 spiro atoms. The normalized spacial score (nSPS) is 12.4. The van der Waals surface area contributed by atoms with Crippen LogP contribution in [0, 0.1) is 6.92 Å². The van der Waals surface area contributed by atoms with Crippen LogP contribution in [0.4, 0.5) is 0 Å². The summed E-state index contributed by atoms with van der Waals surface area (Å²) in [6, 6.07) is 0.309. The molecule has 5 heteroatoms. The summed E-state index contributed by atoms with van der Waals surface area (Å²) in [4.78, 5) is 11.2. The van der Waals surface area contributed by atoms with Gasteiger partial charge in [-0.05, 0) is 26.3 Å². The van der Waals surface area contributed by atoms with Gasteiger partial charge in [0.05, 0.1) is 12.7 Å². The number of nitrogens with one attached hydrogen (secondary N) is 2. The molecule has 0 bridgehead atoms. The second kappa shape index (κ2) is 7.06. The zero-order valence-electron chi connectivity index (χ0n) is 10.9. The standard InChI is InChI=1S/C12H22N4O/c1-4-13-12(17)5-6-14-11(3)9-16-8-10(2)7-15-16/h7-8,11,14H,4-6,9H2,1-3H3,(H,13,17)/t11-/m0/s1. The van der Waals surface area contributed by atoms with Gasteiger partial charge in [0, 0.05) is 31.7 Å². The lowest BCUT2D eigenvalue weighted by Gasteiger charge is -2.13. The van der Waals surface area contributed by atoms with E-state index in [1.165, 1.54) is 5.56 Å². The largest absolute Gasteiger partial charge is 0.356 e. The average molecular weight is 238 g/mol. The van der Waals surface area contributed by atoms with Gasteiger partial charge in [0.2, 0.25) is 5.91 Å². The van der Waals surface area contributed by atoms with E-state index in [9.17, 15) is 4.79 Å². The number of carbonyl (C=O) groups is 1. The molecule has 0 saturated heterocycles. The molecule has 1 aromatic heterocycles. The van der Waals surface area contributed by atoms with Crippen LogP contribution in [0.1, 0.15) is 25.8 Å². The summed E-state index contributed by atoms with van der Waals surface area (Å²) in [7, 11) is 0. The number of aromatic nitrogens is 2. The highest BCUT2D eigenvalue weighted by atomic mass is 16.1. The molecule has 1 heterocycles.